The molecular weight excluding hydrogens is 300 g/mol. The summed E-state index contributed by atoms with van der Waals surface area (Å²) in [5.41, 5.74) is 1.91. The third kappa shape index (κ3) is 3.80. The molecule has 0 amide bonds. The van der Waals surface area contributed by atoms with E-state index in [-0.39, 0.29) is 0 Å². The fourth-order valence-corrected chi connectivity index (χ4v) is 2.93. The monoisotopic (exact) mass is 320 g/mol. The molecule has 0 saturated heterocycles. The minimum atomic E-state index is -1.07. The summed E-state index contributed by atoms with van der Waals surface area (Å²) in [6.07, 6.45) is 1.65. The van der Waals surface area contributed by atoms with Crippen LogP contribution in [0, 0.1) is 6.92 Å². The molecule has 118 valence electrons. The van der Waals surface area contributed by atoms with Gasteiger partial charge >= 0.3 is 0 Å². The molecule has 0 aromatic heterocycles. The Hall–Kier alpha value is -2.01. The van der Waals surface area contributed by atoms with Crippen LogP contribution in [0.5, 0.6) is 17.2 Å². The van der Waals surface area contributed by atoms with Gasteiger partial charge in [0.25, 0.3) is 0 Å². The molecule has 1 atom stereocenters. The highest BCUT2D eigenvalue weighted by Gasteiger charge is 2.12. The van der Waals surface area contributed by atoms with Crippen LogP contribution in [0.15, 0.2) is 41.3 Å². The van der Waals surface area contributed by atoms with Crippen molar-refractivity contribution in [1.29, 1.82) is 0 Å². The molecule has 0 aliphatic heterocycles. The fraction of sp³-hybridized carbons (Fsp3) is 0.294. The predicted molar refractivity (Wildman–Crippen MR) is 87.4 cm³/mol. The van der Waals surface area contributed by atoms with E-state index in [2.05, 4.69) is 0 Å². The van der Waals surface area contributed by atoms with Gasteiger partial charge in [-0.3, -0.25) is 4.21 Å². The van der Waals surface area contributed by atoms with Crippen LogP contribution in [0.25, 0.3) is 0 Å². The molecular formula is C17H20O4S. The number of benzene rings is 2. The van der Waals surface area contributed by atoms with E-state index < -0.39 is 10.8 Å². The van der Waals surface area contributed by atoms with Gasteiger partial charge in [-0.25, -0.2) is 0 Å². The number of rotatable bonds is 6. The van der Waals surface area contributed by atoms with Crippen molar-refractivity contribution >= 4 is 10.8 Å². The van der Waals surface area contributed by atoms with E-state index in [4.69, 9.17) is 14.2 Å². The first-order valence-electron chi connectivity index (χ1n) is 6.83. The molecule has 4 nitrogen and oxygen atoms in total. The minimum absolute atomic E-state index is 0.381. The van der Waals surface area contributed by atoms with E-state index in [1.54, 1.807) is 26.5 Å². The van der Waals surface area contributed by atoms with Crippen molar-refractivity contribution < 1.29 is 18.4 Å². The van der Waals surface area contributed by atoms with E-state index in [1.165, 1.54) is 0 Å². The maximum absolute atomic E-state index is 11.8. The Kier molecular flexibility index (Phi) is 5.44. The van der Waals surface area contributed by atoms with Gasteiger partial charge in [-0.1, -0.05) is 12.1 Å². The zero-order valence-corrected chi connectivity index (χ0v) is 14.0. The number of ether oxygens (including phenoxy) is 3. The van der Waals surface area contributed by atoms with Crippen molar-refractivity contribution in [3.8, 4) is 17.2 Å². The summed E-state index contributed by atoms with van der Waals surface area (Å²) < 4.78 is 28.2. The lowest BCUT2D eigenvalue weighted by molar-refractivity contribution is 0.283. The largest absolute Gasteiger partial charge is 0.497 e. The third-order valence-corrected chi connectivity index (χ3v) is 4.36. The van der Waals surface area contributed by atoms with Gasteiger partial charge in [0.1, 0.15) is 12.4 Å². The van der Waals surface area contributed by atoms with Crippen molar-refractivity contribution in [2.24, 2.45) is 0 Å². The first-order valence-corrected chi connectivity index (χ1v) is 8.38. The molecule has 0 N–H and O–H groups in total. The highest BCUT2D eigenvalue weighted by molar-refractivity contribution is 7.84. The molecule has 0 fully saturated rings. The Balaban J connectivity index is 2.24. The standard InChI is InChI=1S/C17H20O4S/c1-12-8-15(20-3)16(10-17(12)22(4)18)21-11-13-6-5-7-14(9-13)19-2/h5-10H,11H2,1-4H3. The Morgan fingerprint density at radius 2 is 1.82 bits per heavy atom. The predicted octanol–water partition coefficient (Wildman–Crippen LogP) is 3.33. The quantitative estimate of drug-likeness (QED) is 0.819. The van der Waals surface area contributed by atoms with Crippen LogP contribution in [0.4, 0.5) is 0 Å². The first-order chi connectivity index (χ1) is 10.5. The molecule has 2 rings (SSSR count). The maximum Gasteiger partial charge on any atom is 0.162 e. The molecule has 0 heterocycles. The van der Waals surface area contributed by atoms with Crippen LogP contribution in [0.1, 0.15) is 11.1 Å². The molecule has 0 spiro atoms. The van der Waals surface area contributed by atoms with Crippen LogP contribution < -0.4 is 14.2 Å². The van der Waals surface area contributed by atoms with Crippen molar-refractivity contribution in [1.82, 2.24) is 0 Å². The first kappa shape index (κ1) is 16.4. The van der Waals surface area contributed by atoms with Crippen molar-refractivity contribution in [3.05, 3.63) is 47.5 Å². The SMILES string of the molecule is COc1cccc(COc2cc(S(C)=O)c(C)cc2OC)c1. The second-order valence-corrected chi connectivity index (χ2v) is 6.21. The highest BCUT2D eigenvalue weighted by atomic mass is 32.2. The second kappa shape index (κ2) is 7.31. The number of aryl methyl sites for hydroxylation is 1. The highest BCUT2D eigenvalue weighted by Crippen LogP contribution is 2.32. The minimum Gasteiger partial charge on any atom is -0.497 e. The Labute approximate surface area is 133 Å². The van der Waals surface area contributed by atoms with Gasteiger partial charge in [-0.05, 0) is 36.2 Å². The van der Waals surface area contributed by atoms with Gasteiger partial charge in [0, 0.05) is 17.2 Å². The van der Waals surface area contributed by atoms with Gasteiger partial charge < -0.3 is 14.2 Å². The number of methoxy groups -OCH3 is 2. The summed E-state index contributed by atoms with van der Waals surface area (Å²) in [6.45, 7) is 2.29. The molecule has 2 aromatic rings. The molecule has 0 bridgehead atoms. The maximum atomic E-state index is 11.8. The van der Waals surface area contributed by atoms with Gasteiger partial charge in [0.2, 0.25) is 0 Å². The lowest BCUT2D eigenvalue weighted by Crippen LogP contribution is -2.01. The smallest absolute Gasteiger partial charge is 0.162 e. The van der Waals surface area contributed by atoms with E-state index in [0.29, 0.717) is 18.1 Å². The Morgan fingerprint density at radius 3 is 2.45 bits per heavy atom. The summed E-state index contributed by atoms with van der Waals surface area (Å²) in [5, 5.41) is 0. The van der Waals surface area contributed by atoms with Gasteiger partial charge in [0.15, 0.2) is 11.5 Å². The topological polar surface area (TPSA) is 44.8 Å². The average Bonchev–Trinajstić information content (AvgIpc) is 2.53. The molecule has 5 heteroatoms. The molecule has 0 aliphatic carbocycles. The number of hydrogen-bond donors (Lipinski definition) is 0. The van der Waals surface area contributed by atoms with E-state index in [0.717, 1.165) is 21.8 Å². The van der Waals surface area contributed by atoms with Crippen LogP contribution in [-0.2, 0) is 17.4 Å². The Morgan fingerprint density at radius 1 is 1.05 bits per heavy atom. The molecule has 0 aliphatic rings. The average molecular weight is 320 g/mol. The van der Waals surface area contributed by atoms with E-state index >= 15 is 0 Å². The summed E-state index contributed by atoms with van der Waals surface area (Å²) in [5.74, 6) is 2.00. The van der Waals surface area contributed by atoms with Crippen LogP contribution >= 0.6 is 0 Å². The van der Waals surface area contributed by atoms with Crippen LogP contribution in [0.2, 0.25) is 0 Å². The van der Waals surface area contributed by atoms with Gasteiger partial charge in [-0.2, -0.15) is 0 Å². The van der Waals surface area contributed by atoms with E-state index in [9.17, 15) is 4.21 Å². The molecule has 1 unspecified atom stereocenters. The van der Waals surface area contributed by atoms with Gasteiger partial charge in [-0.15, -0.1) is 0 Å². The fourth-order valence-electron chi connectivity index (χ4n) is 2.15. The Bertz CT molecular complexity index is 682. The third-order valence-electron chi connectivity index (χ3n) is 3.30. The van der Waals surface area contributed by atoms with Gasteiger partial charge in [0.05, 0.1) is 25.0 Å². The molecule has 2 aromatic carbocycles. The second-order valence-electron chi connectivity index (χ2n) is 4.86. The van der Waals surface area contributed by atoms with Crippen molar-refractivity contribution in [3.63, 3.8) is 0 Å². The molecule has 0 saturated carbocycles. The zero-order chi connectivity index (χ0) is 16.1. The summed E-state index contributed by atoms with van der Waals surface area (Å²) in [4.78, 5) is 0.751. The van der Waals surface area contributed by atoms with Crippen molar-refractivity contribution in [2.75, 3.05) is 20.5 Å². The molecule has 0 radical (unpaired) electrons. The lowest BCUT2D eigenvalue weighted by atomic mass is 10.2. The summed E-state index contributed by atoms with van der Waals surface area (Å²) in [6, 6.07) is 11.3. The van der Waals surface area contributed by atoms with E-state index in [1.807, 2.05) is 37.3 Å². The lowest BCUT2D eigenvalue weighted by Gasteiger charge is -2.14. The van der Waals surface area contributed by atoms with Crippen molar-refractivity contribution in [2.45, 2.75) is 18.4 Å². The molecule has 22 heavy (non-hydrogen) atoms. The normalized spacial score (nSPS) is 11.8. The van der Waals surface area contributed by atoms with Crippen LogP contribution in [0.3, 0.4) is 0 Å². The summed E-state index contributed by atoms with van der Waals surface area (Å²) in [7, 11) is 2.15. The zero-order valence-electron chi connectivity index (χ0n) is 13.2. The number of hydrogen-bond acceptors (Lipinski definition) is 4. The summed E-state index contributed by atoms with van der Waals surface area (Å²) >= 11 is 0. The van der Waals surface area contributed by atoms with Crippen LogP contribution in [-0.4, -0.2) is 24.7 Å².